The number of nitrogens with zero attached hydrogens (tertiary/aromatic N) is 2. The first kappa shape index (κ1) is 10.9. The Balaban J connectivity index is 2.05. The highest BCUT2D eigenvalue weighted by atomic mass is 16.4. The minimum atomic E-state index is 0.513. The van der Waals surface area contributed by atoms with Gasteiger partial charge in [0.25, 0.3) is 5.89 Å². The second kappa shape index (κ2) is 4.94. The van der Waals surface area contributed by atoms with Gasteiger partial charge in [-0.25, -0.2) is 0 Å². The summed E-state index contributed by atoms with van der Waals surface area (Å²) < 4.78 is 10.7. The lowest BCUT2D eigenvalue weighted by atomic mass is 10.3. The SMILES string of the molecule is CCCNCc1nnc(-c2ccoc2C)o1. The monoisotopic (exact) mass is 221 g/mol. The summed E-state index contributed by atoms with van der Waals surface area (Å²) in [7, 11) is 0. The van der Waals surface area contributed by atoms with Gasteiger partial charge in [-0.05, 0) is 26.0 Å². The number of furan rings is 1. The van der Waals surface area contributed by atoms with Crippen molar-refractivity contribution in [1.29, 1.82) is 0 Å². The van der Waals surface area contributed by atoms with Crippen LogP contribution in [0.25, 0.3) is 11.5 Å². The van der Waals surface area contributed by atoms with Crippen LogP contribution in [0, 0.1) is 6.92 Å². The van der Waals surface area contributed by atoms with Crippen LogP contribution < -0.4 is 5.32 Å². The standard InChI is InChI=1S/C11H15N3O2/c1-3-5-12-7-10-13-14-11(16-10)9-4-6-15-8(9)2/h4,6,12H,3,5,7H2,1-2H3. The van der Waals surface area contributed by atoms with E-state index in [0.29, 0.717) is 18.3 Å². The smallest absolute Gasteiger partial charge is 0.251 e. The lowest BCUT2D eigenvalue weighted by molar-refractivity contribution is 0.475. The molecule has 0 spiro atoms. The summed E-state index contributed by atoms with van der Waals surface area (Å²) in [5.74, 6) is 1.90. The fourth-order valence-electron chi connectivity index (χ4n) is 1.41. The number of aryl methyl sites for hydroxylation is 1. The number of aromatic nitrogens is 2. The van der Waals surface area contributed by atoms with E-state index in [1.165, 1.54) is 0 Å². The third-order valence-corrected chi connectivity index (χ3v) is 2.26. The van der Waals surface area contributed by atoms with E-state index in [1.54, 1.807) is 6.26 Å². The van der Waals surface area contributed by atoms with Crippen LogP contribution in [0.3, 0.4) is 0 Å². The number of nitrogens with one attached hydrogen (secondary N) is 1. The number of hydrogen-bond acceptors (Lipinski definition) is 5. The summed E-state index contributed by atoms with van der Waals surface area (Å²) >= 11 is 0. The van der Waals surface area contributed by atoms with Crippen LogP contribution in [0.4, 0.5) is 0 Å². The topological polar surface area (TPSA) is 64.1 Å². The molecule has 0 unspecified atom stereocenters. The van der Waals surface area contributed by atoms with Crippen molar-refractivity contribution in [1.82, 2.24) is 15.5 Å². The molecule has 5 heteroatoms. The second-order valence-corrected chi connectivity index (χ2v) is 3.57. The molecule has 2 aromatic rings. The molecule has 0 aliphatic carbocycles. The maximum atomic E-state index is 5.51. The summed E-state index contributed by atoms with van der Waals surface area (Å²) in [6.07, 6.45) is 2.70. The van der Waals surface area contributed by atoms with Crippen molar-refractivity contribution in [3.63, 3.8) is 0 Å². The van der Waals surface area contributed by atoms with Crippen LogP contribution >= 0.6 is 0 Å². The van der Waals surface area contributed by atoms with Crippen molar-refractivity contribution >= 4 is 0 Å². The van der Waals surface area contributed by atoms with Gasteiger partial charge in [0.05, 0.1) is 18.4 Å². The van der Waals surface area contributed by atoms with Crippen LogP contribution in [-0.4, -0.2) is 16.7 Å². The Kier molecular flexibility index (Phi) is 3.36. The third kappa shape index (κ3) is 2.30. The van der Waals surface area contributed by atoms with Crippen LogP contribution in [0.15, 0.2) is 21.2 Å². The number of hydrogen-bond donors (Lipinski definition) is 1. The maximum absolute atomic E-state index is 5.51. The Morgan fingerprint density at radius 2 is 2.25 bits per heavy atom. The molecule has 1 N–H and O–H groups in total. The van der Waals surface area contributed by atoms with Crippen molar-refractivity contribution in [3.8, 4) is 11.5 Å². The Morgan fingerprint density at radius 1 is 1.38 bits per heavy atom. The van der Waals surface area contributed by atoms with Crippen molar-refractivity contribution in [2.75, 3.05) is 6.54 Å². The Morgan fingerprint density at radius 3 is 2.94 bits per heavy atom. The van der Waals surface area contributed by atoms with Gasteiger partial charge in [-0.3, -0.25) is 0 Å². The average Bonchev–Trinajstić information content (AvgIpc) is 2.87. The molecule has 0 atom stereocenters. The quantitative estimate of drug-likeness (QED) is 0.783. The molecule has 0 amide bonds. The lowest BCUT2D eigenvalue weighted by Gasteiger charge is -1.96. The zero-order valence-electron chi connectivity index (χ0n) is 9.49. The van der Waals surface area contributed by atoms with Crippen LogP contribution in [0.2, 0.25) is 0 Å². The molecule has 2 rings (SSSR count). The normalized spacial score (nSPS) is 10.9. The van der Waals surface area contributed by atoms with Crippen molar-refractivity contribution in [3.05, 3.63) is 24.0 Å². The molecule has 0 saturated carbocycles. The minimum absolute atomic E-state index is 0.513. The van der Waals surface area contributed by atoms with Gasteiger partial charge in [-0.15, -0.1) is 10.2 Å². The zero-order chi connectivity index (χ0) is 11.4. The van der Waals surface area contributed by atoms with Gasteiger partial charge in [0.15, 0.2) is 0 Å². The van der Waals surface area contributed by atoms with Crippen molar-refractivity contribution in [2.24, 2.45) is 0 Å². The molecule has 0 saturated heterocycles. The highest BCUT2D eigenvalue weighted by Gasteiger charge is 2.12. The zero-order valence-corrected chi connectivity index (χ0v) is 9.49. The molecule has 2 aromatic heterocycles. The molecule has 0 fully saturated rings. The van der Waals surface area contributed by atoms with E-state index in [-0.39, 0.29) is 0 Å². The van der Waals surface area contributed by atoms with E-state index in [0.717, 1.165) is 24.3 Å². The molecule has 0 aliphatic rings. The highest BCUT2D eigenvalue weighted by Crippen LogP contribution is 2.22. The maximum Gasteiger partial charge on any atom is 0.251 e. The largest absolute Gasteiger partial charge is 0.469 e. The van der Waals surface area contributed by atoms with Crippen LogP contribution in [0.1, 0.15) is 25.0 Å². The highest BCUT2D eigenvalue weighted by molar-refractivity contribution is 5.54. The third-order valence-electron chi connectivity index (χ3n) is 2.26. The predicted octanol–water partition coefficient (Wildman–Crippen LogP) is 2.14. The predicted molar refractivity (Wildman–Crippen MR) is 58.7 cm³/mol. The molecule has 0 radical (unpaired) electrons. The molecular formula is C11H15N3O2. The molecular weight excluding hydrogens is 206 g/mol. The van der Waals surface area contributed by atoms with Gasteiger partial charge in [-0.1, -0.05) is 6.92 Å². The van der Waals surface area contributed by atoms with Gasteiger partial charge < -0.3 is 14.2 Å². The van der Waals surface area contributed by atoms with Crippen molar-refractivity contribution < 1.29 is 8.83 Å². The van der Waals surface area contributed by atoms with E-state index in [9.17, 15) is 0 Å². The first-order valence-electron chi connectivity index (χ1n) is 5.39. The van der Waals surface area contributed by atoms with Gasteiger partial charge >= 0.3 is 0 Å². The Hall–Kier alpha value is -1.62. The first-order valence-corrected chi connectivity index (χ1v) is 5.39. The molecule has 86 valence electrons. The summed E-state index contributed by atoms with van der Waals surface area (Å²) in [6, 6.07) is 1.83. The molecule has 0 bridgehead atoms. The van der Waals surface area contributed by atoms with Gasteiger partial charge in [0, 0.05) is 0 Å². The van der Waals surface area contributed by atoms with Crippen molar-refractivity contribution in [2.45, 2.75) is 26.8 Å². The molecule has 5 nitrogen and oxygen atoms in total. The number of rotatable bonds is 5. The van der Waals surface area contributed by atoms with E-state index >= 15 is 0 Å². The van der Waals surface area contributed by atoms with Crippen LogP contribution in [-0.2, 0) is 6.54 Å². The van der Waals surface area contributed by atoms with E-state index in [4.69, 9.17) is 8.83 Å². The fraction of sp³-hybridized carbons (Fsp3) is 0.455. The molecule has 2 heterocycles. The van der Waals surface area contributed by atoms with E-state index in [1.807, 2.05) is 13.0 Å². The lowest BCUT2D eigenvalue weighted by Crippen LogP contribution is -2.13. The average molecular weight is 221 g/mol. The van der Waals surface area contributed by atoms with Gasteiger partial charge in [-0.2, -0.15) is 0 Å². The fourth-order valence-corrected chi connectivity index (χ4v) is 1.41. The first-order chi connectivity index (χ1) is 7.81. The van der Waals surface area contributed by atoms with Crippen LogP contribution in [0.5, 0.6) is 0 Å². The summed E-state index contributed by atoms with van der Waals surface area (Å²) in [4.78, 5) is 0. The summed E-state index contributed by atoms with van der Waals surface area (Å²) in [5.41, 5.74) is 0.856. The van der Waals surface area contributed by atoms with Gasteiger partial charge in [0.2, 0.25) is 5.89 Å². The molecule has 16 heavy (non-hydrogen) atoms. The summed E-state index contributed by atoms with van der Waals surface area (Å²) in [6.45, 7) is 5.54. The Labute approximate surface area is 93.9 Å². The van der Waals surface area contributed by atoms with E-state index < -0.39 is 0 Å². The van der Waals surface area contributed by atoms with E-state index in [2.05, 4.69) is 22.4 Å². The molecule has 0 aromatic carbocycles. The van der Waals surface area contributed by atoms with Gasteiger partial charge in [0.1, 0.15) is 5.76 Å². The second-order valence-electron chi connectivity index (χ2n) is 3.57. The Bertz CT molecular complexity index is 448. The minimum Gasteiger partial charge on any atom is -0.469 e. The molecule has 0 aliphatic heterocycles. The summed E-state index contributed by atoms with van der Waals surface area (Å²) in [5, 5.41) is 11.2.